The molecule has 1 aliphatic rings. The molecule has 0 aliphatic heterocycles. The second kappa shape index (κ2) is 7.79. The van der Waals surface area contributed by atoms with Crippen molar-refractivity contribution in [3.63, 3.8) is 0 Å². The van der Waals surface area contributed by atoms with Gasteiger partial charge in [-0.15, -0.1) is 0 Å². The lowest BCUT2D eigenvalue weighted by atomic mass is 9.79. The van der Waals surface area contributed by atoms with Crippen molar-refractivity contribution >= 4 is 5.57 Å². The molecule has 0 saturated heterocycles. The normalized spacial score (nSPS) is 15.5. The average molecular weight is 324 g/mol. The first-order valence-electron chi connectivity index (χ1n) is 7.92. The molecule has 0 bridgehead atoms. The highest BCUT2D eigenvalue weighted by Gasteiger charge is 2.25. The van der Waals surface area contributed by atoms with E-state index >= 15 is 0 Å². The number of hydrogen-bond donors (Lipinski definition) is 0. The van der Waals surface area contributed by atoms with Gasteiger partial charge in [-0.05, 0) is 60.6 Å². The Balaban J connectivity index is 2.74. The largest absolute Gasteiger partial charge is 0.196 e. The van der Waals surface area contributed by atoms with Crippen LogP contribution in [0.15, 0.2) is 59.2 Å². The summed E-state index contributed by atoms with van der Waals surface area (Å²) >= 11 is 0. The van der Waals surface area contributed by atoms with E-state index in [4.69, 9.17) is 10.5 Å². The smallest absolute Gasteiger partial charge is 0.159 e. The number of nitrogens with zero attached hydrogens (tertiary/aromatic N) is 4. The summed E-state index contributed by atoms with van der Waals surface area (Å²) in [4.78, 5) is 0. The highest BCUT2D eigenvalue weighted by Crippen LogP contribution is 2.39. The van der Waals surface area contributed by atoms with Crippen LogP contribution in [0.3, 0.4) is 0 Å². The first kappa shape index (κ1) is 17.7. The van der Waals surface area contributed by atoms with Crippen molar-refractivity contribution in [3.8, 4) is 24.3 Å². The van der Waals surface area contributed by atoms with Crippen molar-refractivity contribution in [2.75, 3.05) is 0 Å². The number of nitriles is 4. The van der Waals surface area contributed by atoms with Gasteiger partial charge in [0.1, 0.15) is 17.7 Å². The predicted octanol–water partition coefficient (Wildman–Crippen LogP) is 4.58. The molecular formula is C21H16N4. The van der Waals surface area contributed by atoms with E-state index in [1.54, 1.807) is 19.1 Å². The van der Waals surface area contributed by atoms with Crippen LogP contribution >= 0.6 is 0 Å². The first-order valence-corrected chi connectivity index (χ1v) is 7.92. The lowest BCUT2D eigenvalue weighted by molar-refractivity contribution is 0.727. The number of benzene rings is 1. The van der Waals surface area contributed by atoms with Gasteiger partial charge in [-0.1, -0.05) is 30.3 Å². The summed E-state index contributed by atoms with van der Waals surface area (Å²) in [5.41, 5.74) is 2.49. The molecule has 1 aromatic carbocycles. The third-order valence-electron chi connectivity index (χ3n) is 4.08. The van der Waals surface area contributed by atoms with E-state index < -0.39 is 5.41 Å². The van der Waals surface area contributed by atoms with Gasteiger partial charge in [-0.3, -0.25) is 0 Å². The van der Waals surface area contributed by atoms with Crippen LogP contribution in [0.2, 0.25) is 0 Å². The Bertz CT molecular complexity index is 889. The van der Waals surface area contributed by atoms with E-state index in [1.807, 2.05) is 54.6 Å². The molecule has 0 spiro atoms. The zero-order valence-electron chi connectivity index (χ0n) is 14.0. The van der Waals surface area contributed by atoms with E-state index in [-0.39, 0.29) is 5.57 Å². The molecule has 0 amide bonds. The molecule has 1 aliphatic carbocycles. The standard InChI is InChI=1S/C21H16N4/c1-21(14-24,15-25)11-19-9-5-8-18(10-16(12-22)13-23)20(19)17-6-3-2-4-7-17/h2-4,6-7,10-11H,5,8-9H2,1H3/b19-11+. The Morgan fingerprint density at radius 1 is 1.00 bits per heavy atom. The third-order valence-corrected chi connectivity index (χ3v) is 4.08. The summed E-state index contributed by atoms with van der Waals surface area (Å²) in [7, 11) is 0. The molecule has 25 heavy (non-hydrogen) atoms. The summed E-state index contributed by atoms with van der Waals surface area (Å²) in [6, 6.07) is 17.5. The SMILES string of the molecule is CC(C#N)(C#N)/C=C1\CCCC(C=C(C#N)C#N)=C1c1ccccc1. The van der Waals surface area contributed by atoms with Gasteiger partial charge in [0.2, 0.25) is 0 Å². The van der Waals surface area contributed by atoms with Crippen molar-refractivity contribution in [2.45, 2.75) is 26.2 Å². The first-order chi connectivity index (χ1) is 12.1. The van der Waals surface area contributed by atoms with Crippen LogP contribution in [0.1, 0.15) is 31.7 Å². The maximum Gasteiger partial charge on any atom is 0.159 e. The summed E-state index contributed by atoms with van der Waals surface area (Å²) < 4.78 is 0. The van der Waals surface area contributed by atoms with Crippen LogP contribution in [0.5, 0.6) is 0 Å². The van der Waals surface area contributed by atoms with Crippen molar-refractivity contribution in [3.05, 3.63) is 64.8 Å². The third kappa shape index (κ3) is 4.03. The van der Waals surface area contributed by atoms with Crippen LogP contribution in [-0.4, -0.2) is 0 Å². The predicted molar refractivity (Wildman–Crippen MR) is 93.9 cm³/mol. The molecule has 2 rings (SSSR count). The Morgan fingerprint density at radius 2 is 1.64 bits per heavy atom. The average Bonchev–Trinajstić information content (AvgIpc) is 2.66. The highest BCUT2D eigenvalue weighted by molar-refractivity contribution is 5.84. The van der Waals surface area contributed by atoms with Gasteiger partial charge in [0.15, 0.2) is 5.41 Å². The summed E-state index contributed by atoms with van der Waals surface area (Å²) in [6.45, 7) is 1.59. The highest BCUT2D eigenvalue weighted by atomic mass is 14.4. The van der Waals surface area contributed by atoms with Gasteiger partial charge in [0, 0.05) is 0 Å². The molecule has 120 valence electrons. The van der Waals surface area contributed by atoms with E-state index in [9.17, 15) is 10.5 Å². The monoisotopic (exact) mass is 324 g/mol. The van der Waals surface area contributed by atoms with Crippen LogP contribution in [-0.2, 0) is 0 Å². The second-order valence-corrected chi connectivity index (χ2v) is 6.00. The van der Waals surface area contributed by atoms with Crippen molar-refractivity contribution in [2.24, 2.45) is 5.41 Å². The van der Waals surface area contributed by atoms with E-state index in [2.05, 4.69) is 0 Å². The lowest BCUT2D eigenvalue weighted by Gasteiger charge is -2.24. The Kier molecular flexibility index (Phi) is 5.53. The fraction of sp³-hybridized carbons (Fsp3) is 0.238. The molecule has 0 radical (unpaired) electrons. The van der Waals surface area contributed by atoms with Gasteiger partial charge in [0.05, 0.1) is 12.1 Å². The van der Waals surface area contributed by atoms with Crippen molar-refractivity contribution in [1.82, 2.24) is 0 Å². The van der Waals surface area contributed by atoms with Crippen LogP contribution in [0.4, 0.5) is 0 Å². The zero-order valence-corrected chi connectivity index (χ0v) is 14.0. The molecule has 4 nitrogen and oxygen atoms in total. The molecule has 0 fully saturated rings. The number of rotatable bonds is 3. The van der Waals surface area contributed by atoms with Gasteiger partial charge in [0.25, 0.3) is 0 Å². The molecule has 0 aromatic heterocycles. The topological polar surface area (TPSA) is 95.2 Å². The fourth-order valence-electron chi connectivity index (χ4n) is 2.89. The molecule has 0 atom stereocenters. The molecule has 0 saturated carbocycles. The van der Waals surface area contributed by atoms with E-state index in [1.165, 1.54) is 0 Å². The maximum atomic E-state index is 9.33. The van der Waals surface area contributed by atoms with Gasteiger partial charge >= 0.3 is 0 Å². The van der Waals surface area contributed by atoms with Gasteiger partial charge in [-0.25, -0.2) is 0 Å². The molecular weight excluding hydrogens is 308 g/mol. The molecule has 4 heteroatoms. The summed E-state index contributed by atoms with van der Waals surface area (Å²) in [5.74, 6) is 0. The van der Waals surface area contributed by atoms with E-state index in [0.29, 0.717) is 0 Å². The Hall–Kier alpha value is -3.60. The fourth-order valence-corrected chi connectivity index (χ4v) is 2.89. The van der Waals surface area contributed by atoms with Crippen LogP contribution in [0, 0.1) is 50.7 Å². The lowest BCUT2D eigenvalue weighted by Crippen LogP contribution is -2.11. The van der Waals surface area contributed by atoms with Crippen LogP contribution in [0.25, 0.3) is 5.57 Å². The minimum absolute atomic E-state index is 0.0491. The molecule has 0 unspecified atom stereocenters. The minimum Gasteiger partial charge on any atom is -0.196 e. The second-order valence-electron chi connectivity index (χ2n) is 6.00. The van der Waals surface area contributed by atoms with Crippen LogP contribution < -0.4 is 0 Å². The Labute approximate surface area is 147 Å². The zero-order chi connectivity index (χ0) is 18.3. The number of hydrogen-bond acceptors (Lipinski definition) is 4. The molecule has 0 N–H and O–H groups in total. The van der Waals surface area contributed by atoms with E-state index in [0.717, 1.165) is 41.5 Å². The van der Waals surface area contributed by atoms with Crippen molar-refractivity contribution < 1.29 is 0 Å². The van der Waals surface area contributed by atoms with Gasteiger partial charge in [-0.2, -0.15) is 21.0 Å². The number of allylic oxidation sites excluding steroid dienone is 6. The molecule has 1 aromatic rings. The summed E-state index contributed by atoms with van der Waals surface area (Å²) in [5, 5.41) is 36.8. The maximum absolute atomic E-state index is 9.33. The minimum atomic E-state index is -1.21. The summed E-state index contributed by atoms with van der Waals surface area (Å²) in [6.07, 6.45) is 5.65. The Morgan fingerprint density at radius 3 is 2.20 bits per heavy atom. The quantitative estimate of drug-likeness (QED) is 0.760. The molecule has 0 heterocycles. The van der Waals surface area contributed by atoms with Gasteiger partial charge < -0.3 is 0 Å². The van der Waals surface area contributed by atoms with Crippen molar-refractivity contribution in [1.29, 1.82) is 21.0 Å².